The Labute approximate surface area is 90.6 Å². The maximum Gasteiger partial charge on any atom is 0.448 e. The number of fused-ring (bicyclic) bond motifs is 4. The minimum Gasteiger partial charge on any atom is -0.339 e. The standard InChI is InChI=1S/C7H6N4O4S/c12-16(13,14)15-7-6-4-1-11(3-8-4)2-5(6)9-10-7/h2-4H,1H2,(H,12,13,14). The Balaban J connectivity index is 2.05. The van der Waals surface area contributed by atoms with Crippen LogP contribution in [0.3, 0.4) is 0 Å². The number of azo groups is 1. The third kappa shape index (κ3) is 1.41. The Morgan fingerprint density at radius 2 is 2.31 bits per heavy atom. The molecule has 3 aliphatic rings. The van der Waals surface area contributed by atoms with Gasteiger partial charge in [0.1, 0.15) is 11.7 Å². The van der Waals surface area contributed by atoms with Crippen LogP contribution in [0.4, 0.5) is 0 Å². The normalized spacial score (nSPS) is 26.2. The lowest BCUT2D eigenvalue weighted by molar-refractivity contribution is 0.325. The van der Waals surface area contributed by atoms with Crippen LogP contribution < -0.4 is 0 Å². The molecule has 9 heteroatoms. The van der Waals surface area contributed by atoms with Crippen LogP contribution in [0.15, 0.2) is 38.6 Å². The van der Waals surface area contributed by atoms with E-state index in [0.29, 0.717) is 17.8 Å². The highest BCUT2D eigenvalue weighted by atomic mass is 32.3. The maximum absolute atomic E-state index is 10.6. The van der Waals surface area contributed by atoms with Crippen molar-refractivity contribution < 1.29 is 17.2 Å². The van der Waals surface area contributed by atoms with Gasteiger partial charge in [0.15, 0.2) is 0 Å². The SMILES string of the molecule is O=S(=O)(O)OC1=C2C(=CN3C=NC2C3)N=N1. The van der Waals surface area contributed by atoms with E-state index in [1.807, 2.05) is 4.90 Å². The summed E-state index contributed by atoms with van der Waals surface area (Å²) in [4.78, 5) is 5.95. The lowest BCUT2D eigenvalue weighted by Crippen LogP contribution is -2.26. The van der Waals surface area contributed by atoms with Gasteiger partial charge in [-0.25, -0.2) is 0 Å². The van der Waals surface area contributed by atoms with Gasteiger partial charge < -0.3 is 9.08 Å². The zero-order valence-corrected chi connectivity index (χ0v) is 8.62. The molecular formula is C7H6N4O4S. The average Bonchev–Trinajstić information content (AvgIpc) is 2.71. The summed E-state index contributed by atoms with van der Waals surface area (Å²) in [5.41, 5.74) is 0.995. The Bertz CT molecular complexity index is 573. The van der Waals surface area contributed by atoms with Crippen molar-refractivity contribution in [3.8, 4) is 0 Å². The third-order valence-electron chi connectivity index (χ3n) is 2.34. The molecule has 3 rings (SSSR count). The Hall–Kier alpha value is -1.74. The number of nitrogens with zero attached hydrogens (tertiary/aromatic N) is 4. The molecule has 16 heavy (non-hydrogen) atoms. The lowest BCUT2D eigenvalue weighted by Gasteiger charge is -2.18. The van der Waals surface area contributed by atoms with Crippen molar-refractivity contribution in [2.75, 3.05) is 6.54 Å². The number of hydrogen-bond acceptors (Lipinski definition) is 7. The maximum atomic E-state index is 10.6. The predicted molar refractivity (Wildman–Crippen MR) is 51.6 cm³/mol. The topological polar surface area (TPSA) is 104 Å². The summed E-state index contributed by atoms with van der Waals surface area (Å²) < 4.78 is 34.1. The van der Waals surface area contributed by atoms with Gasteiger partial charge >= 0.3 is 10.4 Å². The van der Waals surface area contributed by atoms with Crippen molar-refractivity contribution in [2.45, 2.75) is 6.04 Å². The molecule has 3 aliphatic heterocycles. The molecule has 2 bridgehead atoms. The van der Waals surface area contributed by atoms with Crippen LogP contribution in [0.2, 0.25) is 0 Å². The summed E-state index contributed by atoms with van der Waals surface area (Å²) in [6.07, 6.45) is 3.32. The van der Waals surface area contributed by atoms with Crippen molar-refractivity contribution in [1.29, 1.82) is 0 Å². The molecule has 0 fully saturated rings. The summed E-state index contributed by atoms with van der Waals surface area (Å²) in [5, 5.41) is 7.31. The molecular weight excluding hydrogens is 236 g/mol. The monoisotopic (exact) mass is 242 g/mol. The highest BCUT2D eigenvalue weighted by Gasteiger charge is 2.36. The second-order valence-electron chi connectivity index (χ2n) is 3.42. The molecule has 0 radical (unpaired) electrons. The molecule has 0 saturated carbocycles. The first-order valence-corrected chi connectivity index (χ1v) is 5.73. The van der Waals surface area contributed by atoms with E-state index in [2.05, 4.69) is 19.4 Å². The second kappa shape index (κ2) is 2.89. The van der Waals surface area contributed by atoms with Crippen LogP contribution in [0.1, 0.15) is 0 Å². The van der Waals surface area contributed by atoms with Gasteiger partial charge in [-0.15, -0.1) is 10.2 Å². The van der Waals surface area contributed by atoms with Crippen LogP contribution in [0, 0.1) is 0 Å². The van der Waals surface area contributed by atoms with Gasteiger partial charge in [-0.1, -0.05) is 0 Å². The zero-order chi connectivity index (χ0) is 11.3. The molecule has 84 valence electrons. The highest BCUT2D eigenvalue weighted by molar-refractivity contribution is 7.81. The molecule has 3 heterocycles. The van der Waals surface area contributed by atoms with E-state index in [1.165, 1.54) is 0 Å². The van der Waals surface area contributed by atoms with E-state index in [-0.39, 0.29) is 11.9 Å². The Morgan fingerprint density at radius 1 is 1.50 bits per heavy atom. The van der Waals surface area contributed by atoms with Crippen LogP contribution >= 0.6 is 0 Å². The van der Waals surface area contributed by atoms with Gasteiger partial charge in [0.05, 0.1) is 18.5 Å². The van der Waals surface area contributed by atoms with Gasteiger partial charge in [-0.05, 0) is 0 Å². The first kappa shape index (κ1) is 9.48. The van der Waals surface area contributed by atoms with Crippen LogP contribution in [-0.4, -0.2) is 36.8 Å². The first-order valence-electron chi connectivity index (χ1n) is 4.37. The molecule has 0 saturated heterocycles. The lowest BCUT2D eigenvalue weighted by atomic mass is 10.0. The molecule has 0 aromatic rings. The Kier molecular flexibility index (Phi) is 1.71. The summed E-state index contributed by atoms with van der Waals surface area (Å²) in [7, 11) is -4.58. The molecule has 0 aliphatic carbocycles. The number of rotatable bonds is 2. The first-order chi connectivity index (χ1) is 7.53. The minimum atomic E-state index is -4.58. The second-order valence-corrected chi connectivity index (χ2v) is 4.44. The quantitative estimate of drug-likeness (QED) is 0.689. The minimum absolute atomic E-state index is 0.211. The molecule has 1 N–H and O–H groups in total. The van der Waals surface area contributed by atoms with Gasteiger partial charge in [0, 0.05) is 6.20 Å². The van der Waals surface area contributed by atoms with E-state index in [1.54, 1.807) is 12.5 Å². The fourth-order valence-corrected chi connectivity index (χ4v) is 2.08. The van der Waals surface area contributed by atoms with Crippen molar-refractivity contribution in [2.24, 2.45) is 15.2 Å². The van der Waals surface area contributed by atoms with E-state index in [0.717, 1.165) is 0 Å². The van der Waals surface area contributed by atoms with Gasteiger partial charge in [0.2, 0.25) is 0 Å². The Morgan fingerprint density at radius 3 is 3.06 bits per heavy atom. The van der Waals surface area contributed by atoms with E-state index in [9.17, 15) is 8.42 Å². The molecule has 0 aromatic heterocycles. The smallest absolute Gasteiger partial charge is 0.339 e. The molecule has 0 aromatic carbocycles. The highest BCUT2D eigenvalue weighted by Crippen LogP contribution is 2.36. The van der Waals surface area contributed by atoms with Crippen LogP contribution in [-0.2, 0) is 14.6 Å². The van der Waals surface area contributed by atoms with E-state index < -0.39 is 10.4 Å². The van der Waals surface area contributed by atoms with Crippen molar-refractivity contribution in [3.63, 3.8) is 0 Å². The average molecular weight is 242 g/mol. The molecule has 0 amide bonds. The predicted octanol–water partition coefficient (Wildman–Crippen LogP) is 0.0507. The van der Waals surface area contributed by atoms with E-state index >= 15 is 0 Å². The van der Waals surface area contributed by atoms with Crippen LogP contribution in [0.5, 0.6) is 0 Å². The largest absolute Gasteiger partial charge is 0.448 e. The van der Waals surface area contributed by atoms with Crippen molar-refractivity contribution in [1.82, 2.24) is 4.90 Å². The van der Waals surface area contributed by atoms with Crippen molar-refractivity contribution >= 4 is 16.7 Å². The van der Waals surface area contributed by atoms with Gasteiger partial charge in [0.25, 0.3) is 5.88 Å². The summed E-state index contributed by atoms with van der Waals surface area (Å²) in [6, 6.07) is -0.244. The molecule has 1 atom stereocenters. The van der Waals surface area contributed by atoms with Gasteiger partial charge in [-0.2, -0.15) is 8.42 Å². The number of aliphatic imine (C=N–C) groups is 1. The summed E-state index contributed by atoms with van der Waals surface area (Å²) in [5.74, 6) is -0.211. The molecule has 0 spiro atoms. The third-order valence-corrected chi connectivity index (χ3v) is 2.71. The van der Waals surface area contributed by atoms with Gasteiger partial charge in [-0.3, -0.25) is 9.55 Å². The fourth-order valence-electron chi connectivity index (χ4n) is 1.76. The molecule has 1 unspecified atom stereocenters. The summed E-state index contributed by atoms with van der Waals surface area (Å²) in [6.45, 7) is 0.599. The van der Waals surface area contributed by atoms with Crippen LogP contribution in [0.25, 0.3) is 0 Å². The summed E-state index contributed by atoms with van der Waals surface area (Å²) >= 11 is 0. The zero-order valence-electron chi connectivity index (χ0n) is 7.81. The fraction of sp³-hybridized carbons (Fsp3) is 0.286. The number of hydrogen-bond donors (Lipinski definition) is 1. The molecule has 8 nitrogen and oxygen atoms in total. The van der Waals surface area contributed by atoms with Crippen molar-refractivity contribution in [3.05, 3.63) is 23.4 Å². The van der Waals surface area contributed by atoms with E-state index in [4.69, 9.17) is 4.55 Å².